The van der Waals surface area contributed by atoms with E-state index in [1.807, 2.05) is 10.6 Å². The molecule has 0 saturated heterocycles. The summed E-state index contributed by atoms with van der Waals surface area (Å²) >= 11 is 3.36. The predicted octanol–water partition coefficient (Wildman–Crippen LogP) is 1.81. The Hall–Kier alpha value is -0.980. The molecule has 0 aliphatic carbocycles. The van der Waals surface area contributed by atoms with Crippen LogP contribution in [0.15, 0.2) is 23.1 Å². The van der Waals surface area contributed by atoms with Gasteiger partial charge in [-0.1, -0.05) is 0 Å². The highest BCUT2D eigenvalue weighted by molar-refractivity contribution is 9.10. The van der Waals surface area contributed by atoms with Gasteiger partial charge in [-0.2, -0.15) is 0 Å². The molecule has 0 aliphatic heterocycles. The molecule has 2 heterocycles. The topological polar surface area (TPSA) is 49.2 Å². The third-order valence-electron chi connectivity index (χ3n) is 2.08. The Bertz CT molecular complexity index is 472. The molecule has 16 heavy (non-hydrogen) atoms. The minimum absolute atomic E-state index is 0.439. The number of imidazole rings is 1. The molecule has 0 saturated carbocycles. The summed E-state index contributed by atoms with van der Waals surface area (Å²) in [7, 11) is 1.65. The molecule has 0 aliphatic rings. The molecule has 2 rings (SSSR count). The van der Waals surface area contributed by atoms with E-state index in [4.69, 9.17) is 9.47 Å². The van der Waals surface area contributed by atoms with Gasteiger partial charge in [0, 0.05) is 17.8 Å². The lowest BCUT2D eigenvalue weighted by molar-refractivity contribution is 0.0356. The summed E-state index contributed by atoms with van der Waals surface area (Å²) in [5, 5.41) is 0. The number of nitrogens with zero attached hydrogens (tertiary/aromatic N) is 3. The second kappa shape index (κ2) is 5.38. The van der Waals surface area contributed by atoms with Crippen LogP contribution >= 0.6 is 15.9 Å². The smallest absolute Gasteiger partial charge is 0.161 e. The van der Waals surface area contributed by atoms with Crippen molar-refractivity contribution in [2.75, 3.05) is 20.3 Å². The molecular weight excluding hydrogens is 274 g/mol. The van der Waals surface area contributed by atoms with Gasteiger partial charge in [0.25, 0.3) is 0 Å². The molecule has 0 spiro atoms. The number of ether oxygens (including phenoxy) is 2. The third kappa shape index (κ3) is 2.58. The van der Waals surface area contributed by atoms with Crippen molar-refractivity contribution in [3.63, 3.8) is 0 Å². The maximum absolute atomic E-state index is 5.40. The summed E-state index contributed by atoms with van der Waals surface area (Å²) in [6.07, 6.45) is 3.46. The number of aromatic nitrogens is 3. The van der Waals surface area contributed by atoms with E-state index in [-0.39, 0.29) is 0 Å². The zero-order valence-electron chi connectivity index (χ0n) is 8.89. The lowest BCUT2D eigenvalue weighted by atomic mass is 10.4. The van der Waals surface area contributed by atoms with E-state index < -0.39 is 0 Å². The lowest BCUT2D eigenvalue weighted by Gasteiger charge is -2.04. The van der Waals surface area contributed by atoms with Gasteiger partial charge in [0.15, 0.2) is 5.65 Å². The van der Waals surface area contributed by atoms with Crippen LogP contribution in [0, 0.1) is 0 Å². The van der Waals surface area contributed by atoms with Crippen LogP contribution in [0.3, 0.4) is 0 Å². The Balaban J connectivity index is 2.07. The van der Waals surface area contributed by atoms with Crippen LogP contribution in [-0.4, -0.2) is 34.9 Å². The van der Waals surface area contributed by atoms with E-state index in [0.717, 1.165) is 15.6 Å². The largest absolute Gasteiger partial charge is 0.382 e. The molecule has 0 aromatic carbocycles. The first-order chi connectivity index (χ1) is 7.81. The number of fused-ring (bicyclic) bond motifs is 1. The molecule has 0 unspecified atom stereocenters. The molecule has 2 aromatic rings. The Labute approximate surface area is 102 Å². The zero-order chi connectivity index (χ0) is 11.4. The predicted molar refractivity (Wildman–Crippen MR) is 63.1 cm³/mol. The van der Waals surface area contributed by atoms with Crippen molar-refractivity contribution in [1.82, 2.24) is 14.5 Å². The van der Waals surface area contributed by atoms with Gasteiger partial charge >= 0.3 is 0 Å². The van der Waals surface area contributed by atoms with Gasteiger partial charge in [-0.3, -0.25) is 4.57 Å². The summed E-state index contributed by atoms with van der Waals surface area (Å²) in [6, 6.07) is 1.92. The third-order valence-corrected chi connectivity index (χ3v) is 2.52. The Kier molecular flexibility index (Phi) is 3.87. The van der Waals surface area contributed by atoms with Crippen LogP contribution in [0.25, 0.3) is 11.2 Å². The summed E-state index contributed by atoms with van der Waals surface area (Å²) in [6.45, 7) is 1.59. The lowest BCUT2D eigenvalue weighted by Crippen LogP contribution is -2.06. The van der Waals surface area contributed by atoms with Crippen molar-refractivity contribution >= 4 is 27.1 Å². The summed E-state index contributed by atoms with van der Waals surface area (Å²) in [5.74, 6) is 0. The van der Waals surface area contributed by atoms with E-state index in [0.29, 0.717) is 19.9 Å². The maximum Gasteiger partial charge on any atom is 0.161 e. The van der Waals surface area contributed by atoms with Gasteiger partial charge in [0.05, 0.1) is 19.5 Å². The second-order valence-corrected chi connectivity index (χ2v) is 4.16. The molecule has 6 heteroatoms. The first-order valence-electron chi connectivity index (χ1n) is 4.84. The highest BCUT2D eigenvalue weighted by Gasteiger charge is 2.03. The monoisotopic (exact) mass is 285 g/mol. The average molecular weight is 286 g/mol. The van der Waals surface area contributed by atoms with Gasteiger partial charge in [0.1, 0.15) is 12.2 Å². The van der Waals surface area contributed by atoms with Gasteiger partial charge in [0.2, 0.25) is 0 Å². The van der Waals surface area contributed by atoms with Crippen molar-refractivity contribution in [3.8, 4) is 0 Å². The molecule has 5 nitrogen and oxygen atoms in total. The molecule has 0 bridgehead atoms. The SMILES string of the molecule is COCCOCn1cnc2cc(Br)cnc21. The van der Waals surface area contributed by atoms with Gasteiger partial charge < -0.3 is 9.47 Å². The van der Waals surface area contributed by atoms with E-state index in [1.165, 1.54) is 0 Å². The second-order valence-electron chi connectivity index (χ2n) is 3.24. The van der Waals surface area contributed by atoms with E-state index in [9.17, 15) is 0 Å². The minimum Gasteiger partial charge on any atom is -0.382 e. The molecule has 0 N–H and O–H groups in total. The van der Waals surface area contributed by atoms with Crippen molar-refractivity contribution in [1.29, 1.82) is 0 Å². The van der Waals surface area contributed by atoms with Crippen molar-refractivity contribution in [2.45, 2.75) is 6.73 Å². The number of rotatable bonds is 5. The Morgan fingerprint density at radius 1 is 1.38 bits per heavy atom. The fourth-order valence-corrected chi connectivity index (χ4v) is 1.64. The number of pyridine rings is 1. The van der Waals surface area contributed by atoms with Crippen molar-refractivity contribution in [2.24, 2.45) is 0 Å². The van der Waals surface area contributed by atoms with E-state index in [1.54, 1.807) is 19.6 Å². The first kappa shape index (κ1) is 11.5. The molecular formula is C10H12BrN3O2. The fourth-order valence-electron chi connectivity index (χ4n) is 1.32. The standard InChI is InChI=1S/C10H12BrN3O2/c1-15-2-3-16-7-14-6-13-9-4-8(11)5-12-10(9)14/h4-6H,2-3,7H2,1H3. The maximum atomic E-state index is 5.40. The summed E-state index contributed by atoms with van der Waals surface area (Å²) in [4.78, 5) is 8.52. The van der Waals surface area contributed by atoms with Crippen LogP contribution in [0.4, 0.5) is 0 Å². The Morgan fingerprint density at radius 3 is 3.06 bits per heavy atom. The summed E-state index contributed by atoms with van der Waals surface area (Å²) in [5.41, 5.74) is 1.67. The van der Waals surface area contributed by atoms with Crippen molar-refractivity contribution < 1.29 is 9.47 Å². The van der Waals surface area contributed by atoms with Crippen LogP contribution in [0.1, 0.15) is 0 Å². The highest BCUT2D eigenvalue weighted by atomic mass is 79.9. The molecule has 0 amide bonds. The average Bonchev–Trinajstić information content (AvgIpc) is 2.67. The zero-order valence-corrected chi connectivity index (χ0v) is 10.5. The van der Waals surface area contributed by atoms with Gasteiger partial charge in [-0.05, 0) is 22.0 Å². The van der Waals surface area contributed by atoms with Crippen LogP contribution in [0.2, 0.25) is 0 Å². The van der Waals surface area contributed by atoms with Crippen LogP contribution in [0.5, 0.6) is 0 Å². The molecule has 0 radical (unpaired) electrons. The normalized spacial score (nSPS) is 11.1. The number of methoxy groups -OCH3 is 1. The number of hydrogen-bond donors (Lipinski definition) is 0. The van der Waals surface area contributed by atoms with E-state index in [2.05, 4.69) is 25.9 Å². The van der Waals surface area contributed by atoms with Crippen molar-refractivity contribution in [3.05, 3.63) is 23.1 Å². The number of halogens is 1. The van der Waals surface area contributed by atoms with E-state index >= 15 is 0 Å². The molecule has 0 fully saturated rings. The molecule has 2 aromatic heterocycles. The quantitative estimate of drug-likeness (QED) is 0.787. The van der Waals surface area contributed by atoms with Gasteiger partial charge in [-0.15, -0.1) is 0 Å². The molecule has 0 atom stereocenters. The fraction of sp³-hybridized carbons (Fsp3) is 0.400. The van der Waals surface area contributed by atoms with Crippen LogP contribution in [-0.2, 0) is 16.2 Å². The first-order valence-corrected chi connectivity index (χ1v) is 5.63. The highest BCUT2D eigenvalue weighted by Crippen LogP contribution is 2.15. The summed E-state index contributed by atoms with van der Waals surface area (Å²) < 4.78 is 13.1. The van der Waals surface area contributed by atoms with Gasteiger partial charge in [-0.25, -0.2) is 9.97 Å². The number of hydrogen-bond acceptors (Lipinski definition) is 4. The molecule has 86 valence electrons. The minimum atomic E-state index is 0.439. The van der Waals surface area contributed by atoms with Crippen LogP contribution < -0.4 is 0 Å². The Morgan fingerprint density at radius 2 is 2.25 bits per heavy atom.